The molecule has 3 aromatic rings. The maximum atomic E-state index is 13.8. The van der Waals surface area contributed by atoms with Crippen LogP contribution in [-0.4, -0.2) is 62.3 Å². The topological polar surface area (TPSA) is 54.9 Å². The van der Waals surface area contributed by atoms with E-state index < -0.39 is 5.82 Å². The average molecular weight is 430 g/mol. The number of ether oxygens (including phenoxy) is 2. The van der Waals surface area contributed by atoms with Gasteiger partial charge in [-0.25, -0.2) is 9.37 Å². The fraction of sp³-hybridized carbons (Fsp3) is 0.364. The number of thiazole rings is 1. The third-order valence-corrected chi connectivity index (χ3v) is 6.42. The first-order valence-corrected chi connectivity index (χ1v) is 10.7. The van der Waals surface area contributed by atoms with Crippen LogP contribution in [0.5, 0.6) is 5.75 Å². The van der Waals surface area contributed by atoms with E-state index in [2.05, 4.69) is 4.90 Å². The Labute approximate surface area is 178 Å². The van der Waals surface area contributed by atoms with Gasteiger partial charge < -0.3 is 9.47 Å². The third-order valence-electron chi connectivity index (χ3n) is 5.20. The molecular formula is C22H24FN3O3S. The quantitative estimate of drug-likeness (QED) is 0.598. The number of anilines is 1. The summed E-state index contributed by atoms with van der Waals surface area (Å²) in [6.07, 6.45) is 0. The zero-order chi connectivity index (χ0) is 21.1. The Morgan fingerprint density at radius 1 is 1.30 bits per heavy atom. The SMILES string of the molecule is COc1ccc(C)c2sc(N(CCN3CCOCC3)C(=O)c3cccc(F)c3)nc12. The molecule has 1 saturated heterocycles. The van der Waals surface area contributed by atoms with Crippen molar-refractivity contribution in [1.82, 2.24) is 9.88 Å². The second-order valence-corrected chi connectivity index (χ2v) is 8.16. The lowest BCUT2D eigenvalue weighted by atomic mass is 10.2. The number of hydrogen-bond acceptors (Lipinski definition) is 6. The van der Waals surface area contributed by atoms with Gasteiger partial charge in [0.05, 0.1) is 25.0 Å². The van der Waals surface area contributed by atoms with Crippen molar-refractivity contribution in [3.8, 4) is 5.75 Å². The highest BCUT2D eigenvalue weighted by molar-refractivity contribution is 7.22. The van der Waals surface area contributed by atoms with Crippen LogP contribution in [0.25, 0.3) is 10.2 Å². The minimum Gasteiger partial charge on any atom is -0.494 e. The number of fused-ring (bicyclic) bond motifs is 1. The molecule has 0 N–H and O–H groups in total. The zero-order valence-electron chi connectivity index (χ0n) is 17.1. The summed E-state index contributed by atoms with van der Waals surface area (Å²) in [4.78, 5) is 22.0. The molecule has 8 heteroatoms. The normalized spacial score (nSPS) is 14.8. The van der Waals surface area contributed by atoms with E-state index in [-0.39, 0.29) is 5.91 Å². The van der Waals surface area contributed by atoms with Gasteiger partial charge in [-0.05, 0) is 36.8 Å². The molecule has 30 heavy (non-hydrogen) atoms. The minimum atomic E-state index is -0.434. The highest BCUT2D eigenvalue weighted by Gasteiger charge is 2.24. The first-order valence-electron chi connectivity index (χ1n) is 9.88. The molecule has 0 saturated carbocycles. The van der Waals surface area contributed by atoms with Crippen molar-refractivity contribution in [2.45, 2.75) is 6.92 Å². The Bertz CT molecular complexity index is 1050. The van der Waals surface area contributed by atoms with Crippen LogP contribution in [0.3, 0.4) is 0 Å². The summed E-state index contributed by atoms with van der Waals surface area (Å²) >= 11 is 1.45. The van der Waals surface area contributed by atoms with Crippen molar-refractivity contribution >= 4 is 32.6 Å². The van der Waals surface area contributed by atoms with Gasteiger partial charge in [0.1, 0.15) is 17.1 Å². The van der Waals surface area contributed by atoms with Gasteiger partial charge in [0.25, 0.3) is 5.91 Å². The van der Waals surface area contributed by atoms with E-state index >= 15 is 0 Å². The Balaban J connectivity index is 1.69. The van der Waals surface area contributed by atoms with E-state index in [1.165, 1.54) is 23.5 Å². The predicted molar refractivity (Wildman–Crippen MR) is 116 cm³/mol. The van der Waals surface area contributed by atoms with Crippen molar-refractivity contribution in [3.05, 3.63) is 53.3 Å². The smallest absolute Gasteiger partial charge is 0.260 e. The van der Waals surface area contributed by atoms with E-state index in [1.807, 2.05) is 19.1 Å². The maximum absolute atomic E-state index is 13.8. The average Bonchev–Trinajstić information content (AvgIpc) is 3.21. The van der Waals surface area contributed by atoms with Gasteiger partial charge in [0.2, 0.25) is 0 Å². The second-order valence-electron chi connectivity index (χ2n) is 7.18. The molecular weight excluding hydrogens is 405 g/mol. The summed E-state index contributed by atoms with van der Waals surface area (Å²) in [5.74, 6) is -0.0290. The largest absolute Gasteiger partial charge is 0.494 e. The number of hydrogen-bond donors (Lipinski definition) is 0. The summed E-state index contributed by atoms with van der Waals surface area (Å²) in [7, 11) is 1.61. The van der Waals surface area contributed by atoms with Crippen LogP contribution in [0, 0.1) is 12.7 Å². The number of halogens is 1. The van der Waals surface area contributed by atoms with Gasteiger partial charge in [0, 0.05) is 31.7 Å². The van der Waals surface area contributed by atoms with Gasteiger partial charge in [-0.3, -0.25) is 14.6 Å². The summed E-state index contributed by atoms with van der Waals surface area (Å²) in [6, 6.07) is 9.65. The first-order chi connectivity index (χ1) is 14.6. The number of carbonyl (C=O) groups is 1. The van der Waals surface area contributed by atoms with Crippen LogP contribution >= 0.6 is 11.3 Å². The lowest BCUT2D eigenvalue weighted by molar-refractivity contribution is 0.0391. The number of aryl methyl sites for hydroxylation is 1. The van der Waals surface area contributed by atoms with Crippen molar-refractivity contribution in [2.75, 3.05) is 51.4 Å². The molecule has 0 spiro atoms. The lowest BCUT2D eigenvalue weighted by Gasteiger charge is -2.29. The molecule has 1 aliphatic rings. The summed E-state index contributed by atoms with van der Waals surface area (Å²) in [5, 5.41) is 0.583. The molecule has 0 unspecified atom stereocenters. The Morgan fingerprint density at radius 3 is 2.83 bits per heavy atom. The molecule has 0 aliphatic carbocycles. The Morgan fingerprint density at radius 2 is 2.10 bits per heavy atom. The molecule has 1 fully saturated rings. The number of amides is 1. The summed E-state index contributed by atoms with van der Waals surface area (Å²) < 4.78 is 25.6. The van der Waals surface area contributed by atoms with Gasteiger partial charge >= 0.3 is 0 Å². The van der Waals surface area contributed by atoms with Crippen molar-refractivity contribution in [3.63, 3.8) is 0 Å². The van der Waals surface area contributed by atoms with E-state index in [0.29, 0.717) is 42.7 Å². The predicted octanol–water partition coefficient (Wildman–Crippen LogP) is 3.73. The van der Waals surface area contributed by atoms with Gasteiger partial charge in [-0.15, -0.1) is 0 Å². The van der Waals surface area contributed by atoms with Gasteiger partial charge in [-0.1, -0.05) is 23.5 Å². The number of morpholine rings is 1. The van der Waals surface area contributed by atoms with E-state index in [1.54, 1.807) is 24.1 Å². The highest BCUT2D eigenvalue weighted by Crippen LogP contribution is 2.36. The molecule has 2 heterocycles. The molecule has 0 radical (unpaired) electrons. The number of rotatable bonds is 6. The molecule has 0 atom stereocenters. The number of benzene rings is 2. The van der Waals surface area contributed by atoms with Crippen molar-refractivity contribution in [1.29, 1.82) is 0 Å². The van der Waals surface area contributed by atoms with Crippen LogP contribution in [0.4, 0.5) is 9.52 Å². The number of aromatic nitrogens is 1. The molecule has 1 aliphatic heterocycles. The van der Waals surface area contributed by atoms with Crippen LogP contribution in [0.2, 0.25) is 0 Å². The van der Waals surface area contributed by atoms with Crippen LogP contribution in [0.15, 0.2) is 36.4 Å². The molecule has 2 aromatic carbocycles. The molecule has 1 amide bonds. The fourth-order valence-electron chi connectivity index (χ4n) is 3.51. The van der Waals surface area contributed by atoms with Crippen molar-refractivity contribution < 1.29 is 18.7 Å². The number of carbonyl (C=O) groups excluding carboxylic acids is 1. The van der Waals surface area contributed by atoms with Crippen molar-refractivity contribution in [2.24, 2.45) is 0 Å². The summed E-state index contributed by atoms with van der Waals surface area (Å²) in [5.41, 5.74) is 2.11. The molecule has 158 valence electrons. The Hall–Kier alpha value is -2.55. The Kier molecular flexibility index (Phi) is 6.26. The maximum Gasteiger partial charge on any atom is 0.260 e. The molecule has 6 nitrogen and oxygen atoms in total. The van der Waals surface area contributed by atoms with Crippen LogP contribution in [0.1, 0.15) is 15.9 Å². The zero-order valence-corrected chi connectivity index (χ0v) is 17.9. The summed E-state index contributed by atoms with van der Waals surface area (Å²) in [6.45, 7) is 6.19. The molecule has 0 bridgehead atoms. The van der Waals surface area contributed by atoms with E-state index in [9.17, 15) is 9.18 Å². The second kappa shape index (κ2) is 9.07. The number of nitrogens with zero attached hydrogens (tertiary/aromatic N) is 3. The van der Waals surface area contributed by atoms with Gasteiger partial charge in [-0.2, -0.15) is 0 Å². The van der Waals surface area contributed by atoms with Crippen LogP contribution in [-0.2, 0) is 4.74 Å². The highest BCUT2D eigenvalue weighted by atomic mass is 32.1. The number of methoxy groups -OCH3 is 1. The van der Waals surface area contributed by atoms with E-state index in [4.69, 9.17) is 14.5 Å². The lowest BCUT2D eigenvalue weighted by Crippen LogP contribution is -2.43. The van der Waals surface area contributed by atoms with Crippen LogP contribution < -0.4 is 9.64 Å². The van der Waals surface area contributed by atoms with E-state index in [0.717, 1.165) is 28.9 Å². The standard InChI is InChI=1S/C22H24FN3O3S/c1-15-6-7-18(28-2)19-20(15)30-22(24-19)26(9-8-25-10-12-29-13-11-25)21(27)16-4-3-5-17(23)14-16/h3-7,14H,8-13H2,1-2H3. The van der Waals surface area contributed by atoms with Gasteiger partial charge in [0.15, 0.2) is 5.13 Å². The monoisotopic (exact) mass is 429 g/mol. The molecule has 1 aromatic heterocycles. The third kappa shape index (κ3) is 4.30. The molecule has 4 rings (SSSR count). The first kappa shape index (κ1) is 20.7. The minimum absolute atomic E-state index is 0.265. The fourth-order valence-corrected chi connectivity index (χ4v) is 4.58.